The van der Waals surface area contributed by atoms with Gasteiger partial charge in [0.25, 0.3) is 0 Å². The van der Waals surface area contributed by atoms with Crippen LogP contribution in [0.25, 0.3) is 11.3 Å². The Bertz CT molecular complexity index is 646. The molecule has 0 fully saturated rings. The smallest absolute Gasteiger partial charge is 0.194 e. The third-order valence-electron chi connectivity index (χ3n) is 3.01. The second-order valence-electron chi connectivity index (χ2n) is 5.65. The molecule has 1 heterocycles. The van der Waals surface area contributed by atoms with Crippen molar-refractivity contribution in [3.63, 3.8) is 0 Å². The summed E-state index contributed by atoms with van der Waals surface area (Å²) in [6.45, 7) is 7.57. The van der Waals surface area contributed by atoms with E-state index in [2.05, 4.69) is 4.98 Å². The van der Waals surface area contributed by atoms with Gasteiger partial charge in [-0.05, 0) is 39.8 Å². The number of rotatable bonds is 1. The highest BCUT2D eigenvalue weighted by Crippen LogP contribution is 2.32. The van der Waals surface area contributed by atoms with Gasteiger partial charge in [-0.3, -0.25) is 0 Å². The molecule has 0 unspecified atom stereocenters. The molecule has 0 radical (unpaired) electrons. The van der Waals surface area contributed by atoms with E-state index in [1.807, 2.05) is 20.8 Å². The summed E-state index contributed by atoms with van der Waals surface area (Å²) in [5.74, 6) is -3.11. The fourth-order valence-electron chi connectivity index (χ4n) is 2.30. The lowest BCUT2D eigenvalue weighted by atomic mass is 10.1. The van der Waals surface area contributed by atoms with Crippen LogP contribution in [0.3, 0.4) is 0 Å². The summed E-state index contributed by atoms with van der Waals surface area (Å²) in [6.07, 6.45) is 0. The normalized spacial score (nSPS) is 11.9. The Labute approximate surface area is 115 Å². The highest BCUT2D eigenvalue weighted by atomic mass is 19.2. The monoisotopic (exact) mass is 283 g/mol. The summed E-state index contributed by atoms with van der Waals surface area (Å²) in [5, 5.41) is 0. The number of benzene rings is 1. The number of hydrogen-bond donors (Lipinski definition) is 1. The number of nitrogens with zero attached hydrogens (tertiary/aromatic N) is 2. The zero-order valence-corrected chi connectivity index (χ0v) is 11.8. The Morgan fingerprint density at radius 1 is 1.10 bits per heavy atom. The first kappa shape index (κ1) is 14.4. The van der Waals surface area contributed by atoms with Gasteiger partial charge in [0.2, 0.25) is 0 Å². The summed E-state index contributed by atoms with van der Waals surface area (Å²) >= 11 is 0. The number of halogens is 3. The van der Waals surface area contributed by atoms with Crippen LogP contribution in [0.1, 0.15) is 26.6 Å². The largest absolute Gasteiger partial charge is 0.383 e. The minimum absolute atomic E-state index is 0.116. The fraction of sp³-hybridized carbons (Fsp3) is 0.357. The van der Waals surface area contributed by atoms with Gasteiger partial charge in [0.15, 0.2) is 17.5 Å². The lowest BCUT2D eigenvalue weighted by molar-refractivity contribution is 0.393. The molecule has 0 amide bonds. The maximum absolute atomic E-state index is 13.3. The zero-order chi connectivity index (χ0) is 15.2. The summed E-state index contributed by atoms with van der Waals surface area (Å²) in [5.41, 5.74) is 6.06. The van der Waals surface area contributed by atoms with Crippen molar-refractivity contribution in [1.29, 1.82) is 0 Å². The maximum atomic E-state index is 13.3. The third kappa shape index (κ3) is 2.26. The lowest BCUT2D eigenvalue weighted by Gasteiger charge is -2.24. The van der Waals surface area contributed by atoms with Crippen LogP contribution in [-0.2, 0) is 5.54 Å². The molecule has 1 aromatic carbocycles. The minimum Gasteiger partial charge on any atom is -0.383 e. The molecule has 0 saturated carbocycles. The predicted molar refractivity (Wildman–Crippen MR) is 71.7 cm³/mol. The van der Waals surface area contributed by atoms with Gasteiger partial charge in [-0.25, -0.2) is 18.2 Å². The van der Waals surface area contributed by atoms with Crippen LogP contribution in [0.4, 0.5) is 19.0 Å². The van der Waals surface area contributed by atoms with E-state index < -0.39 is 17.5 Å². The van der Waals surface area contributed by atoms with E-state index in [1.54, 1.807) is 11.5 Å². The molecule has 0 atom stereocenters. The maximum Gasteiger partial charge on any atom is 0.194 e. The molecule has 0 aliphatic carbocycles. The minimum atomic E-state index is -1.50. The number of imidazole rings is 1. The zero-order valence-electron chi connectivity index (χ0n) is 11.8. The summed E-state index contributed by atoms with van der Waals surface area (Å²) in [7, 11) is 0. The number of nitrogen functional groups attached to an aromatic ring is 1. The second kappa shape index (κ2) is 4.54. The number of aryl methyl sites for hydroxylation is 1. The van der Waals surface area contributed by atoms with E-state index in [0.29, 0.717) is 11.6 Å². The van der Waals surface area contributed by atoms with Gasteiger partial charge in [0.05, 0.1) is 0 Å². The number of anilines is 1. The van der Waals surface area contributed by atoms with Crippen molar-refractivity contribution in [2.24, 2.45) is 0 Å². The number of nitrogens with two attached hydrogens (primary N) is 1. The lowest BCUT2D eigenvalue weighted by Crippen LogP contribution is -2.24. The quantitative estimate of drug-likeness (QED) is 0.812. The molecule has 3 nitrogen and oxygen atoms in total. The summed E-state index contributed by atoms with van der Waals surface area (Å²) < 4.78 is 41.4. The van der Waals surface area contributed by atoms with Crippen LogP contribution < -0.4 is 5.73 Å². The van der Waals surface area contributed by atoms with Gasteiger partial charge in [0, 0.05) is 11.1 Å². The average Bonchev–Trinajstić information content (AvgIpc) is 2.60. The van der Waals surface area contributed by atoms with Crippen molar-refractivity contribution in [3.8, 4) is 11.3 Å². The highest BCUT2D eigenvalue weighted by molar-refractivity contribution is 5.71. The molecule has 2 rings (SSSR count). The summed E-state index contributed by atoms with van der Waals surface area (Å²) in [6, 6.07) is 1.78. The van der Waals surface area contributed by atoms with Crippen molar-refractivity contribution < 1.29 is 13.2 Å². The van der Waals surface area contributed by atoms with Crippen LogP contribution in [0.5, 0.6) is 0 Å². The Hall–Kier alpha value is -1.98. The van der Waals surface area contributed by atoms with Crippen molar-refractivity contribution in [2.75, 3.05) is 5.73 Å². The number of hydrogen-bond acceptors (Lipinski definition) is 2. The molecule has 1 aromatic heterocycles. The van der Waals surface area contributed by atoms with E-state index in [4.69, 9.17) is 5.73 Å². The van der Waals surface area contributed by atoms with Crippen LogP contribution in [-0.4, -0.2) is 9.55 Å². The predicted octanol–water partition coefficient (Wildman–Crippen LogP) is 3.61. The molecule has 6 heteroatoms. The molecule has 2 N–H and O–H groups in total. The molecular formula is C14H16F3N3. The second-order valence-corrected chi connectivity index (χ2v) is 5.65. The average molecular weight is 283 g/mol. The molecule has 108 valence electrons. The Kier molecular flexibility index (Phi) is 3.28. The first-order valence-electron chi connectivity index (χ1n) is 6.13. The van der Waals surface area contributed by atoms with Crippen LogP contribution >= 0.6 is 0 Å². The SMILES string of the molecule is Cc1nc(-c2cc(F)c(F)c(F)c2)c(N)n1C(C)(C)C. The van der Waals surface area contributed by atoms with Crippen LogP contribution in [0.2, 0.25) is 0 Å². The van der Waals surface area contributed by atoms with Gasteiger partial charge >= 0.3 is 0 Å². The Morgan fingerprint density at radius 2 is 1.60 bits per heavy atom. The highest BCUT2D eigenvalue weighted by Gasteiger charge is 2.23. The first-order chi connectivity index (χ1) is 9.12. The molecule has 0 aliphatic rings. The van der Waals surface area contributed by atoms with Gasteiger partial charge in [-0.15, -0.1) is 0 Å². The van der Waals surface area contributed by atoms with Gasteiger partial charge < -0.3 is 10.3 Å². The van der Waals surface area contributed by atoms with Gasteiger partial charge in [-0.2, -0.15) is 0 Å². The van der Waals surface area contributed by atoms with Gasteiger partial charge in [-0.1, -0.05) is 0 Å². The Morgan fingerprint density at radius 3 is 2.00 bits per heavy atom. The summed E-state index contributed by atoms with van der Waals surface area (Å²) in [4.78, 5) is 4.24. The first-order valence-corrected chi connectivity index (χ1v) is 6.13. The van der Waals surface area contributed by atoms with E-state index in [-0.39, 0.29) is 16.8 Å². The molecule has 2 aromatic rings. The molecule has 0 saturated heterocycles. The fourth-order valence-corrected chi connectivity index (χ4v) is 2.30. The molecule has 0 spiro atoms. The van der Waals surface area contributed by atoms with Crippen LogP contribution in [0.15, 0.2) is 12.1 Å². The van der Waals surface area contributed by atoms with Crippen LogP contribution in [0, 0.1) is 24.4 Å². The van der Waals surface area contributed by atoms with E-state index in [9.17, 15) is 13.2 Å². The van der Waals surface area contributed by atoms with Crippen molar-refractivity contribution in [1.82, 2.24) is 9.55 Å². The third-order valence-corrected chi connectivity index (χ3v) is 3.01. The molecule has 0 aliphatic heterocycles. The molecule has 20 heavy (non-hydrogen) atoms. The van der Waals surface area contributed by atoms with Gasteiger partial charge in [0.1, 0.15) is 17.3 Å². The van der Waals surface area contributed by atoms with Crippen molar-refractivity contribution in [3.05, 3.63) is 35.4 Å². The molecular weight excluding hydrogens is 267 g/mol. The van der Waals surface area contributed by atoms with E-state index in [0.717, 1.165) is 12.1 Å². The Balaban J connectivity index is 2.66. The number of aromatic nitrogens is 2. The van der Waals surface area contributed by atoms with Crippen molar-refractivity contribution in [2.45, 2.75) is 33.2 Å². The van der Waals surface area contributed by atoms with E-state index in [1.165, 1.54) is 0 Å². The standard InChI is InChI=1S/C14H16F3N3/c1-7-19-12(13(18)20(7)14(2,3)4)8-5-9(15)11(17)10(16)6-8/h5-6H,18H2,1-4H3. The van der Waals surface area contributed by atoms with Crippen molar-refractivity contribution >= 4 is 5.82 Å². The molecule has 0 bridgehead atoms. The topological polar surface area (TPSA) is 43.8 Å². The van der Waals surface area contributed by atoms with E-state index >= 15 is 0 Å².